The maximum absolute atomic E-state index is 12.7. The topological polar surface area (TPSA) is 60.2 Å². The highest BCUT2D eigenvalue weighted by Crippen LogP contribution is 2.25. The van der Waals surface area contributed by atoms with E-state index in [1.54, 1.807) is 18.1 Å². The third-order valence-corrected chi connectivity index (χ3v) is 4.29. The van der Waals surface area contributed by atoms with Gasteiger partial charge in [-0.15, -0.1) is 13.2 Å². The standard InChI is InChI=1S/C19H17F3N4O2/c1-13(14-3-7-16(8-4-14)26-12-23-11-24-26)25(2)18(27)15-5-9-17(10-6-15)28-19(20,21)22/h3-13H,1-2H3/t13-/m0/s1. The Balaban J connectivity index is 1.70. The van der Waals surface area contributed by atoms with Crippen molar-refractivity contribution in [1.29, 1.82) is 0 Å². The van der Waals surface area contributed by atoms with E-state index in [-0.39, 0.29) is 23.3 Å². The summed E-state index contributed by atoms with van der Waals surface area (Å²) < 4.78 is 42.1. The highest BCUT2D eigenvalue weighted by molar-refractivity contribution is 5.94. The van der Waals surface area contributed by atoms with Crippen molar-refractivity contribution in [2.45, 2.75) is 19.3 Å². The SMILES string of the molecule is C[C@@H](c1ccc(-n2cncn2)cc1)N(C)C(=O)c1ccc(OC(F)(F)F)cc1. The predicted molar refractivity (Wildman–Crippen MR) is 95.0 cm³/mol. The molecule has 0 fully saturated rings. The van der Waals surface area contributed by atoms with E-state index in [0.29, 0.717) is 0 Å². The molecule has 6 nitrogen and oxygen atoms in total. The van der Waals surface area contributed by atoms with Gasteiger partial charge in [0.1, 0.15) is 18.4 Å². The summed E-state index contributed by atoms with van der Waals surface area (Å²) in [5, 5.41) is 4.05. The number of alkyl halides is 3. The number of aromatic nitrogens is 3. The van der Waals surface area contributed by atoms with Crippen molar-refractivity contribution >= 4 is 5.91 Å². The Labute approximate surface area is 159 Å². The molecule has 146 valence electrons. The van der Waals surface area contributed by atoms with Gasteiger partial charge in [-0.2, -0.15) is 5.10 Å². The predicted octanol–water partition coefficient (Wildman–Crippen LogP) is 4.00. The zero-order chi connectivity index (χ0) is 20.3. The van der Waals surface area contributed by atoms with Crippen molar-refractivity contribution in [2.75, 3.05) is 7.05 Å². The molecule has 1 heterocycles. The number of amides is 1. The van der Waals surface area contributed by atoms with Gasteiger partial charge in [-0.05, 0) is 48.9 Å². The lowest BCUT2D eigenvalue weighted by molar-refractivity contribution is -0.274. The van der Waals surface area contributed by atoms with Gasteiger partial charge in [-0.25, -0.2) is 9.67 Å². The first-order chi connectivity index (χ1) is 13.2. The summed E-state index contributed by atoms with van der Waals surface area (Å²) in [6.45, 7) is 1.86. The quantitative estimate of drug-likeness (QED) is 0.661. The molecule has 9 heteroatoms. The lowest BCUT2D eigenvalue weighted by atomic mass is 10.1. The van der Waals surface area contributed by atoms with Gasteiger partial charge in [0.05, 0.1) is 11.7 Å². The monoisotopic (exact) mass is 390 g/mol. The minimum atomic E-state index is -4.77. The Morgan fingerprint density at radius 1 is 1.11 bits per heavy atom. The van der Waals surface area contributed by atoms with Crippen LogP contribution in [0, 0.1) is 0 Å². The van der Waals surface area contributed by atoms with E-state index in [0.717, 1.165) is 23.4 Å². The first-order valence-corrected chi connectivity index (χ1v) is 8.32. The molecular weight excluding hydrogens is 373 g/mol. The van der Waals surface area contributed by atoms with Crippen molar-refractivity contribution < 1.29 is 22.7 Å². The number of halogens is 3. The average Bonchev–Trinajstić information content (AvgIpc) is 3.20. The molecule has 0 unspecified atom stereocenters. The van der Waals surface area contributed by atoms with Crippen LogP contribution in [0.1, 0.15) is 28.9 Å². The first-order valence-electron chi connectivity index (χ1n) is 8.32. The number of carbonyl (C=O) groups is 1. The summed E-state index contributed by atoms with van der Waals surface area (Å²) in [5.74, 6) is -0.685. The average molecular weight is 390 g/mol. The van der Waals surface area contributed by atoms with Crippen molar-refractivity contribution in [3.05, 3.63) is 72.3 Å². The highest BCUT2D eigenvalue weighted by atomic mass is 19.4. The molecule has 0 spiro atoms. The van der Waals surface area contributed by atoms with Crippen molar-refractivity contribution in [2.24, 2.45) is 0 Å². The van der Waals surface area contributed by atoms with Gasteiger partial charge in [0.25, 0.3) is 5.91 Å². The van der Waals surface area contributed by atoms with Crippen molar-refractivity contribution in [1.82, 2.24) is 19.7 Å². The molecule has 0 aliphatic rings. The molecule has 0 radical (unpaired) electrons. The van der Waals surface area contributed by atoms with Crippen LogP contribution in [0.4, 0.5) is 13.2 Å². The van der Waals surface area contributed by atoms with Crippen LogP contribution in [-0.4, -0.2) is 39.0 Å². The second-order valence-corrected chi connectivity index (χ2v) is 6.10. The molecule has 0 N–H and O–H groups in total. The third-order valence-electron chi connectivity index (χ3n) is 4.29. The molecular formula is C19H17F3N4O2. The number of ether oxygens (including phenoxy) is 1. The minimum Gasteiger partial charge on any atom is -0.406 e. The van der Waals surface area contributed by atoms with Crippen LogP contribution in [0.2, 0.25) is 0 Å². The smallest absolute Gasteiger partial charge is 0.406 e. The lowest BCUT2D eigenvalue weighted by Crippen LogP contribution is -2.29. The number of hydrogen-bond acceptors (Lipinski definition) is 4. The van der Waals surface area contributed by atoms with Crippen LogP contribution in [0.5, 0.6) is 5.75 Å². The van der Waals surface area contributed by atoms with Gasteiger partial charge < -0.3 is 9.64 Å². The fourth-order valence-electron chi connectivity index (χ4n) is 2.65. The second kappa shape index (κ2) is 7.71. The van der Waals surface area contributed by atoms with Crippen molar-refractivity contribution in [3.8, 4) is 11.4 Å². The Hall–Kier alpha value is -3.36. The van der Waals surface area contributed by atoms with E-state index in [9.17, 15) is 18.0 Å². The summed E-state index contributed by atoms with van der Waals surface area (Å²) in [6, 6.07) is 12.1. The molecule has 28 heavy (non-hydrogen) atoms. The summed E-state index contributed by atoms with van der Waals surface area (Å²) in [6.07, 6.45) is -1.75. The molecule has 3 aromatic rings. The van der Waals surface area contributed by atoms with Gasteiger partial charge >= 0.3 is 6.36 Å². The summed E-state index contributed by atoms with van der Waals surface area (Å²) in [4.78, 5) is 18.1. The Bertz CT molecular complexity index is 923. The maximum atomic E-state index is 12.7. The fourth-order valence-corrected chi connectivity index (χ4v) is 2.65. The number of rotatable bonds is 5. The van der Waals surface area contributed by atoms with Gasteiger partial charge in [-0.1, -0.05) is 12.1 Å². The summed E-state index contributed by atoms with van der Waals surface area (Å²) in [7, 11) is 1.64. The molecule has 2 aromatic carbocycles. The number of nitrogens with zero attached hydrogens (tertiary/aromatic N) is 4. The van der Waals surface area contributed by atoms with Gasteiger partial charge in [-0.3, -0.25) is 4.79 Å². The van der Waals surface area contributed by atoms with Gasteiger partial charge in [0.2, 0.25) is 0 Å². The van der Waals surface area contributed by atoms with E-state index in [1.807, 2.05) is 31.2 Å². The molecule has 1 aromatic heterocycles. The lowest BCUT2D eigenvalue weighted by Gasteiger charge is -2.25. The number of carbonyl (C=O) groups excluding carboxylic acids is 1. The Kier molecular flexibility index (Phi) is 5.34. The molecule has 0 bridgehead atoms. The molecule has 0 saturated heterocycles. The largest absolute Gasteiger partial charge is 0.573 e. The van der Waals surface area contributed by atoms with Crippen LogP contribution in [0.15, 0.2) is 61.2 Å². The first kappa shape index (κ1) is 19.4. The summed E-state index contributed by atoms with van der Waals surface area (Å²) >= 11 is 0. The van der Waals surface area contributed by atoms with E-state index in [2.05, 4.69) is 14.8 Å². The maximum Gasteiger partial charge on any atom is 0.573 e. The Morgan fingerprint density at radius 3 is 2.29 bits per heavy atom. The number of benzene rings is 2. The molecule has 0 saturated carbocycles. The minimum absolute atomic E-state index is 0.247. The van der Waals surface area contributed by atoms with E-state index < -0.39 is 6.36 Å². The van der Waals surface area contributed by atoms with Crippen LogP contribution in [0.3, 0.4) is 0 Å². The van der Waals surface area contributed by atoms with E-state index in [1.165, 1.54) is 23.4 Å². The van der Waals surface area contributed by atoms with Gasteiger partial charge in [0.15, 0.2) is 0 Å². The van der Waals surface area contributed by atoms with Crippen molar-refractivity contribution in [3.63, 3.8) is 0 Å². The zero-order valence-electron chi connectivity index (χ0n) is 15.1. The summed E-state index contributed by atoms with van der Waals surface area (Å²) in [5.41, 5.74) is 2.00. The van der Waals surface area contributed by atoms with Crippen LogP contribution >= 0.6 is 0 Å². The zero-order valence-corrected chi connectivity index (χ0v) is 15.1. The second-order valence-electron chi connectivity index (χ2n) is 6.10. The molecule has 1 amide bonds. The van der Waals surface area contributed by atoms with E-state index >= 15 is 0 Å². The fraction of sp³-hybridized carbons (Fsp3) is 0.211. The van der Waals surface area contributed by atoms with Gasteiger partial charge in [0, 0.05) is 12.6 Å². The number of hydrogen-bond donors (Lipinski definition) is 0. The third kappa shape index (κ3) is 4.48. The molecule has 0 aliphatic heterocycles. The molecule has 0 aliphatic carbocycles. The van der Waals surface area contributed by atoms with Crippen LogP contribution < -0.4 is 4.74 Å². The Morgan fingerprint density at radius 2 is 1.75 bits per heavy atom. The molecule has 1 atom stereocenters. The highest BCUT2D eigenvalue weighted by Gasteiger charge is 2.31. The molecule has 3 rings (SSSR count). The van der Waals surface area contributed by atoms with Crippen LogP contribution in [-0.2, 0) is 0 Å². The van der Waals surface area contributed by atoms with E-state index in [4.69, 9.17) is 0 Å². The normalized spacial score (nSPS) is 12.5. The van der Waals surface area contributed by atoms with Crippen LogP contribution in [0.25, 0.3) is 5.69 Å².